The van der Waals surface area contributed by atoms with Crippen LogP contribution in [0.25, 0.3) is 0 Å². The number of hydrogen-bond donors (Lipinski definition) is 1. The molecule has 0 atom stereocenters. The quantitative estimate of drug-likeness (QED) is 0.840. The highest BCUT2D eigenvalue weighted by atomic mass is 32.2. The number of alkyl halides is 3. The molecule has 0 saturated heterocycles. The zero-order chi connectivity index (χ0) is 16.4. The molecule has 0 radical (unpaired) electrons. The summed E-state index contributed by atoms with van der Waals surface area (Å²) in [5.41, 5.74) is 6.19. The van der Waals surface area contributed by atoms with Crippen molar-refractivity contribution < 1.29 is 21.6 Å². The topological polar surface area (TPSA) is 66.6 Å². The Hall–Kier alpha value is -1.48. The monoisotopic (exact) mass is 325 g/mol. The Balaban J connectivity index is 3.08. The molecule has 9 heteroatoms. The van der Waals surface area contributed by atoms with Crippen molar-refractivity contribution in [2.75, 3.05) is 38.3 Å². The van der Waals surface area contributed by atoms with Gasteiger partial charge in [0.2, 0.25) is 10.0 Å². The van der Waals surface area contributed by atoms with Gasteiger partial charge in [0.05, 0.1) is 22.7 Å². The Bertz CT molecular complexity index is 600. The highest BCUT2D eigenvalue weighted by Gasteiger charge is 2.28. The number of anilines is 2. The summed E-state index contributed by atoms with van der Waals surface area (Å²) < 4.78 is 61.8. The first-order chi connectivity index (χ1) is 9.45. The fourth-order valence-corrected chi connectivity index (χ4v) is 2.56. The number of hydrogen-bond acceptors (Lipinski definition) is 4. The minimum Gasteiger partial charge on any atom is -0.397 e. The lowest BCUT2D eigenvalue weighted by atomic mass is 10.2. The molecule has 0 aliphatic carbocycles. The van der Waals surface area contributed by atoms with Gasteiger partial charge in [-0.15, -0.1) is 0 Å². The Labute approximate surface area is 122 Å². The SMILES string of the molecule is CN(CCC(F)(F)F)c1cc(S(=O)(=O)N(C)C)ccc1N. The molecular formula is C12H18F3N3O2S. The van der Waals surface area contributed by atoms with Gasteiger partial charge in [0.1, 0.15) is 0 Å². The third-order valence-corrected chi connectivity index (χ3v) is 4.73. The van der Waals surface area contributed by atoms with Crippen molar-refractivity contribution >= 4 is 21.4 Å². The van der Waals surface area contributed by atoms with Crippen molar-refractivity contribution in [3.05, 3.63) is 18.2 Å². The number of sulfonamides is 1. The maximum Gasteiger partial charge on any atom is 0.390 e. The van der Waals surface area contributed by atoms with Gasteiger partial charge < -0.3 is 10.6 Å². The molecule has 120 valence electrons. The molecule has 0 heterocycles. The molecule has 0 aliphatic rings. The highest BCUT2D eigenvalue weighted by Crippen LogP contribution is 2.28. The summed E-state index contributed by atoms with van der Waals surface area (Å²) >= 11 is 0. The summed E-state index contributed by atoms with van der Waals surface area (Å²) in [7, 11) is 0.517. The first-order valence-electron chi connectivity index (χ1n) is 6.05. The minimum absolute atomic E-state index is 0.0180. The zero-order valence-corrected chi connectivity index (χ0v) is 12.8. The zero-order valence-electron chi connectivity index (χ0n) is 12.0. The van der Waals surface area contributed by atoms with E-state index in [4.69, 9.17) is 5.73 Å². The Morgan fingerprint density at radius 2 is 1.76 bits per heavy atom. The number of nitrogens with zero attached hydrogens (tertiary/aromatic N) is 2. The molecule has 21 heavy (non-hydrogen) atoms. The predicted molar refractivity (Wildman–Crippen MR) is 75.7 cm³/mol. The molecule has 1 aromatic rings. The number of rotatable bonds is 5. The predicted octanol–water partition coefficient (Wildman–Crippen LogP) is 1.91. The largest absolute Gasteiger partial charge is 0.397 e. The molecule has 0 spiro atoms. The van der Waals surface area contributed by atoms with E-state index in [0.29, 0.717) is 0 Å². The number of benzene rings is 1. The van der Waals surface area contributed by atoms with Crippen LogP contribution in [-0.2, 0) is 10.0 Å². The van der Waals surface area contributed by atoms with Crippen molar-refractivity contribution in [3.8, 4) is 0 Å². The van der Waals surface area contributed by atoms with E-state index in [1.807, 2.05) is 0 Å². The van der Waals surface area contributed by atoms with Crippen molar-refractivity contribution in [1.29, 1.82) is 0 Å². The average molecular weight is 325 g/mol. The summed E-state index contributed by atoms with van der Waals surface area (Å²) in [4.78, 5) is 1.27. The van der Waals surface area contributed by atoms with Gasteiger partial charge in [0.15, 0.2) is 0 Å². The average Bonchev–Trinajstić information content (AvgIpc) is 2.35. The molecule has 0 bridgehead atoms. The molecule has 0 saturated carbocycles. The molecule has 5 nitrogen and oxygen atoms in total. The molecule has 1 rings (SSSR count). The van der Waals surface area contributed by atoms with Gasteiger partial charge in [0.25, 0.3) is 0 Å². The van der Waals surface area contributed by atoms with E-state index in [9.17, 15) is 21.6 Å². The molecule has 1 aromatic carbocycles. The van der Waals surface area contributed by atoms with Crippen LogP contribution in [0, 0.1) is 0 Å². The summed E-state index contributed by atoms with van der Waals surface area (Å²) in [6, 6.07) is 3.97. The van der Waals surface area contributed by atoms with Crippen molar-refractivity contribution in [1.82, 2.24) is 4.31 Å². The lowest BCUT2D eigenvalue weighted by molar-refractivity contribution is -0.132. The van der Waals surface area contributed by atoms with Crippen LogP contribution in [-0.4, -0.2) is 46.6 Å². The Kier molecular flexibility index (Phi) is 5.11. The molecule has 0 fully saturated rings. The van der Waals surface area contributed by atoms with Crippen LogP contribution in [0.2, 0.25) is 0 Å². The van der Waals surface area contributed by atoms with E-state index >= 15 is 0 Å². The van der Waals surface area contributed by atoms with Gasteiger partial charge in [-0.25, -0.2) is 12.7 Å². The maximum atomic E-state index is 12.2. The van der Waals surface area contributed by atoms with Gasteiger partial charge in [-0.3, -0.25) is 0 Å². The highest BCUT2D eigenvalue weighted by molar-refractivity contribution is 7.89. The molecule has 0 amide bonds. The Morgan fingerprint density at radius 1 is 1.19 bits per heavy atom. The van der Waals surface area contributed by atoms with Gasteiger partial charge in [-0.05, 0) is 18.2 Å². The number of nitrogen functional groups attached to an aromatic ring is 1. The van der Waals surface area contributed by atoms with E-state index in [0.717, 1.165) is 4.31 Å². The van der Waals surface area contributed by atoms with E-state index in [-0.39, 0.29) is 22.8 Å². The second-order valence-corrected chi connectivity index (χ2v) is 6.95. The molecule has 0 aliphatic heterocycles. The first-order valence-corrected chi connectivity index (χ1v) is 7.49. The van der Waals surface area contributed by atoms with E-state index in [1.54, 1.807) is 0 Å². The van der Waals surface area contributed by atoms with Crippen LogP contribution >= 0.6 is 0 Å². The fourth-order valence-electron chi connectivity index (χ4n) is 1.64. The van der Waals surface area contributed by atoms with E-state index in [1.165, 1.54) is 44.2 Å². The van der Waals surface area contributed by atoms with Crippen molar-refractivity contribution in [3.63, 3.8) is 0 Å². The van der Waals surface area contributed by atoms with Crippen molar-refractivity contribution in [2.45, 2.75) is 17.5 Å². The minimum atomic E-state index is -4.28. The summed E-state index contributed by atoms with van der Waals surface area (Å²) in [6.07, 6.45) is -5.29. The normalized spacial score (nSPS) is 12.7. The second-order valence-electron chi connectivity index (χ2n) is 4.79. The lowest BCUT2D eigenvalue weighted by Gasteiger charge is -2.23. The van der Waals surface area contributed by atoms with E-state index in [2.05, 4.69) is 0 Å². The molecular weight excluding hydrogens is 307 g/mol. The summed E-state index contributed by atoms with van der Waals surface area (Å²) in [5, 5.41) is 0. The molecule has 0 unspecified atom stereocenters. The van der Waals surface area contributed by atoms with Gasteiger partial charge in [-0.2, -0.15) is 13.2 Å². The summed E-state index contributed by atoms with van der Waals surface area (Å²) in [5.74, 6) is 0. The van der Waals surface area contributed by atoms with Crippen LogP contribution in [0.5, 0.6) is 0 Å². The molecule has 0 aromatic heterocycles. The van der Waals surface area contributed by atoms with Gasteiger partial charge in [-0.1, -0.05) is 0 Å². The van der Waals surface area contributed by atoms with Crippen LogP contribution in [0.4, 0.5) is 24.5 Å². The second kappa shape index (κ2) is 6.10. The first kappa shape index (κ1) is 17.6. The van der Waals surface area contributed by atoms with Crippen LogP contribution in [0.1, 0.15) is 6.42 Å². The van der Waals surface area contributed by atoms with Crippen LogP contribution in [0.15, 0.2) is 23.1 Å². The lowest BCUT2D eigenvalue weighted by Crippen LogP contribution is -2.26. The van der Waals surface area contributed by atoms with Crippen LogP contribution < -0.4 is 10.6 Å². The smallest absolute Gasteiger partial charge is 0.390 e. The third kappa shape index (κ3) is 4.50. The molecule has 2 N–H and O–H groups in total. The maximum absolute atomic E-state index is 12.2. The number of halogens is 3. The standard InChI is InChI=1S/C12H18F3N3O2S/c1-17(2)21(19,20)9-4-5-10(16)11(8-9)18(3)7-6-12(13,14)15/h4-5,8H,6-7,16H2,1-3H3. The number of nitrogens with two attached hydrogens (primary N) is 1. The van der Waals surface area contributed by atoms with Crippen LogP contribution in [0.3, 0.4) is 0 Å². The fraction of sp³-hybridized carbons (Fsp3) is 0.500. The van der Waals surface area contributed by atoms with E-state index < -0.39 is 22.6 Å². The van der Waals surface area contributed by atoms with Gasteiger partial charge >= 0.3 is 6.18 Å². The Morgan fingerprint density at radius 3 is 2.24 bits per heavy atom. The van der Waals surface area contributed by atoms with Gasteiger partial charge in [0, 0.05) is 27.7 Å². The summed E-state index contributed by atoms with van der Waals surface area (Å²) in [6.45, 7) is -0.306. The third-order valence-electron chi connectivity index (χ3n) is 2.92. The van der Waals surface area contributed by atoms with Crippen molar-refractivity contribution in [2.24, 2.45) is 0 Å².